The first-order chi connectivity index (χ1) is 10.3. The predicted molar refractivity (Wildman–Crippen MR) is 77.2 cm³/mol. The topological polar surface area (TPSA) is 83.6 Å². The Labute approximate surface area is 121 Å². The standard InChI is InChI=1S/C15H13N5O/c21-15(18-10-14-9-16-5-6-17-14)12-3-1-11(2-4-12)13-7-19-20-8-13/h1-9H,10H2,(H,18,21)(H,19,20). The lowest BCUT2D eigenvalue weighted by atomic mass is 10.1. The molecule has 0 aliphatic heterocycles. The zero-order chi connectivity index (χ0) is 14.5. The molecule has 1 amide bonds. The monoisotopic (exact) mass is 279 g/mol. The number of benzene rings is 1. The quantitative estimate of drug-likeness (QED) is 0.762. The number of carbonyl (C=O) groups excluding carboxylic acids is 1. The van der Waals surface area contributed by atoms with Gasteiger partial charge in [-0.05, 0) is 17.7 Å². The molecule has 0 aliphatic carbocycles. The number of H-pyrrole nitrogens is 1. The van der Waals surface area contributed by atoms with Gasteiger partial charge in [-0.1, -0.05) is 12.1 Å². The first-order valence-corrected chi connectivity index (χ1v) is 6.45. The third-order valence-electron chi connectivity index (χ3n) is 3.03. The molecule has 21 heavy (non-hydrogen) atoms. The summed E-state index contributed by atoms with van der Waals surface area (Å²) in [5.41, 5.74) is 3.32. The number of aromatic nitrogens is 4. The predicted octanol–water partition coefficient (Wildman–Crippen LogP) is 1.80. The molecular formula is C15H13N5O. The summed E-state index contributed by atoms with van der Waals surface area (Å²) in [5.74, 6) is -0.139. The van der Waals surface area contributed by atoms with Crippen molar-refractivity contribution in [3.63, 3.8) is 0 Å². The van der Waals surface area contributed by atoms with Crippen LogP contribution in [0.1, 0.15) is 16.1 Å². The number of hydrogen-bond donors (Lipinski definition) is 2. The molecule has 3 aromatic rings. The van der Waals surface area contributed by atoms with Crippen LogP contribution in [-0.2, 0) is 6.54 Å². The minimum atomic E-state index is -0.139. The van der Waals surface area contributed by atoms with Gasteiger partial charge in [-0.3, -0.25) is 19.9 Å². The maximum atomic E-state index is 12.0. The SMILES string of the molecule is O=C(NCc1cnccn1)c1ccc(-c2cn[nH]c2)cc1. The first-order valence-electron chi connectivity index (χ1n) is 6.45. The van der Waals surface area contributed by atoms with Crippen LogP contribution in [-0.4, -0.2) is 26.1 Å². The second kappa shape index (κ2) is 5.96. The third kappa shape index (κ3) is 3.11. The highest BCUT2D eigenvalue weighted by Crippen LogP contribution is 2.17. The van der Waals surface area contributed by atoms with Crippen molar-refractivity contribution in [1.29, 1.82) is 0 Å². The van der Waals surface area contributed by atoms with E-state index in [0.29, 0.717) is 12.1 Å². The zero-order valence-electron chi connectivity index (χ0n) is 11.2. The van der Waals surface area contributed by atoms with Crippen molar-refractivity contribution in [2.45, 2.75) is 6.54 Å². The molecule has 0 fully saturated rings. The van der Waals surface area contributed by atoms with Crippen LogP contribution in [0.5, 0.6) is 0 Å². The maximum Gasteiger partial charge on any atom is 0.251 e. The van der Waals surface area contributed by atoms with E-state index in [1.807, 2.05) is 18.3 Å². The van der Waals surface area contributed by atoms with Gasteiger partial charge in [0, 0.05) is 29.7 Å². The number of aromatic amines is 1. The van der Waals surface area contributed by atoms with Gasteiger partial charge in [0.1, 0.15) is 0 Å². The molecule has 6 heteroatoms. The summed E-state index contributed by atoms with van der Waals surface area (Å²) >= 11 is 0. The van der Waals surface area contributed by atoms with Gasteiger partial charge in [0.15, 0.2) is 0 Å². The lowest BCUT2D eigenvalue weighted by Gasteiger charge is -2.05. The molecule has 0 saturated heterocycles. The van der Waals surface area contributed by atoms with E-state index in [4.69, 9.17) is 0 Å². The Morgan fingerprint density at radius 1 is 1.10 bits per heavy atom. The lowest BCUT2D eigenvalue weighted by molar-refractivity contribution is 0.0950. The molecule has 2 N–H and O–H groups in total. The minimum Gasteiger partial charge on any atom is -0.346 e. The van der Waals surface area contributed by atoms with Gasteiger partial charge in [-0.15, -0.1) is 0 Å². The Hall–Kier alpha value is -3.02. The summed E-state index contributed by atoms with van der Waals surface area (Å²) in [7, 11) is 0. The summed E-state index contributed by atoms with van der Waals surface area (Å²) in [4.78, 5) is 20.1. The van der Waals surface area contributed by atoms with Crippen LogP contribution in [0.15, 0.2) is 55.2 Å². The summed E-state index contributed by atoms with van der Waals surface area (Å²) in [6, 6.07) is 7.35. The first kappa shape index (κ1) is 13.0. The van der Waals surface area contributed by atoms with E-state index in [-0.39, 0.29) is 5.91 Å². The molecule has 6 nitrogen and oxygen atoms in total. The molecule has 0 aliphatic rings. The van der Waals surface area contributed by atoms with Crippen molar-refractivity contribution in [3.8, 4) is 11.1 Å². The summed E-state index contributed by atoms with van der Waals surface area (Å²) in [6.07, 6.45) is 8.37. The highest BCUT2D eigenvalue weighted by Gasteiger charge is 2.06. The fourth-order valence-electron chi connectivity index (χ4n) is 1.92. The number of nitrogens with zero attached hydrogens (tertiary/aromatic N) is 3. The van der Waals surface area contributed by atoms with Crippen LogP contribution >= 0.6 is 0 Å². The zero-order valence-corrected chi connectivity index (χ0v) is 11.2. The summed E-state index contributed by atoms with van der Waals surface area (Å²) in [5, 5.41) is 9.47. The molecular weight excluding hydrogens is 266 g/mol. The smallest absolute Gasteiger partial charge is 0.251 e. The number of hydrogen-bond acceptors (Lipinski definition) is 4. The Kier molecular flexibility index (Phi) is 3.68. The molecule has 104 valence electrons. The highest BCUT2D eigenvalue weighted by atomic mass is 16.1. The molecule has 3 rings (SSSR count). The van der Waals surface area contributed by atoms with E-state index in [9.17, 15) is 4.79 Å². The van der Waals surface area contributed by atoms with Crippen molar-refractivity contribution in [2.24, 2.45) is 0 Å². The van der Waals surface area contributed by atoms with E-state index < -0.39 is 0 Å². The Bertz CT molecular complexity index is 708. The van der Waals surface area contributed by atoms with E-state index >= 15 is 0 Å². The van der Waals surface area contributed by atoms with Gasteiger partial charge in [-0.2, -0.15) is 5.10 Å². The van der Waals surface area contributed by atoms with Crippen LogP contribution in [0.4, 0.5) is 0 Å². The maximum absolute atomic E-state index is 12.0. The highest BCUT2D eigenvalue weighted by molar-refractivity contribution is 5.94. The Balaban J connectivity index is 1.65. The average Bonchev–Trinajstić information content (AvgIpc) is 3.08. The van der Waals surface area contributed by atoms with Crippen molar-refractivity contribution in [3.05, 3.63) is 66.5 Å². The fraction of sp³-hybridized carbons (Fsp3) is 0.0667. The van der Waals surface area contributed by atoms with Crippen LogP contribution in [0.3, 0.4) is 0 Å². The van der Waals surface area contributed by atoms with Crippen molar-refractivity contribution >= 4 is 5.91 Å². The van der Waals surface area contributed by atoms with Crippen LogP contribution in [0.2, 0.25) is 0 Å². The number of rotatable bonds is 4. The van der Waals surface area contributed by atoms with Gasteiger partial charge < -0.3 is 5.32 Å². The van der Waals surface area contributed by atoms with E-state index in [2.05, 4.69) is 25.5 Å². The van der Waals surface area contributed by atoms with Crippen LogP contribution in [0, 0.1) is 0 Å². The number of nitrogens with one attached hydrogen (secondary N) is 2. The van der Waals surface area contributed by atoms with Crippen LogP contribution < -0.4 is 5.32 Å². The molecule has 1 aromatic carbocycles. The average molecular weight is 279 g/mol. The van der Waals surface area contributed by atoms with E-state index in [1.165, 1.54) is 0 Å². The van der Waals surface area contributed by atoms with Gasteiger partial charge in [-0.25, -0.2) is 0 Å². The largest absolute Gasteiger partial charge is 0.346 e. The third-order valence-corrected chi connectivity index (χ3v) is 3.03. The second-order valence-corrected chi connectivity index (χ2v) is 4.44. The summed E-state index contributed by atoms with van der Waals surface area (Å²) < 4.78 is 0. The Morgan fingerprint density at radius 2 is 1.95 bits per heavy atom. The molecule has 0 unspecified atom stereocenters. The van der Waals surface area contributed by atoms with Crippen molar-refractivity contribution < 1.29 is 4.79 Å². The van der Waals surface area contributed by atoms with Crippen molar-refractivity contribution in [2.75, 3.05) is 0 Å². The van der Waals surface area contributed by atoms with Crippen molar-refractivity contribution in [1.82, 2.24) is 25.5 Å². The molecule has 0 saturated carbocycles. The fourth-order valence-corrected chi connectivity index (χ4v) is 1.92. The van der Waals surface area contributed by atoms with Gasteiger partial charge in [0.2, 0.25) is 0 Å². The normalized spacial score (nSPS) is 10.3. The lowest BCUT2D eigenvalue weighted by Crippen LogP contribution is -2.23. The molecule has 0 atom stereocenters. The van der Waals surface area contributed by atoms with Gasteiger partial charge in [0.25, 0.3) is 5.91 Å². The minimum absolute atomic E-state index is 0.139. The second-order valence-electron chi connectivity index (χ2n) is 4.44. The van der Waals surface area contributed by atoms with E-state index in [1.54, 1.807) is 36.9 Å². The number of amides is 1. The van der Waals surface area contributed by atoms with Gasteiger partial charge >= 0.3 is 0 Å². The molecule has 2 aromatic heterocycles. The molecule has 2 heterocycles. The summed E-state index contributed by atoms with van der Waals surface area (Å²) in [6.45, 7) is 0.357. The molecule has 0 radical (unpaired) electrons. The Morgan fingerprint density at radius 3 is 2.62 bits per heavy atom. The molecule has 0 bridgehead atoms. The number of carbonyl (C=O) groups is 1. The van der Waals surface area contributed by atoms with Gasteiger partial charge in [0.05, 0.1) is 24.6 Å². The van der Waals surface area contributed by atoms with Crippen LogP contribution in [0.25, 0.3) is 11.1 Å². The van der Waals surface area contributed by atoms with E-state index in [0.717, 1.165) is 16.8 Å². The molecule has 0 spiro atoms.